The number of furan rings is 1. The van der Waals surface area contributed by atoms with Gasteiger partial charge in [-0.3, -0.25) is 4.79 Å². The minimum Gasteiger partial charge on any atom is -0.454 e. The van der Waals surface area contributed by atoms with Crippen molar-refractivity contribution in [2.75, 3.05) is 10.6 Å². The number of anilines is 2. The van der Waals surface area contributed by atoms with Gasteiger partial charge in [0, 0.05) is 18.3 Å². The van der Waals surface area contributed by atoms with Gasteiger partial charge in [-0.15, -0.1) is 0 Å². The zero-order valence-corrected chi connectivity index (χ0v) is 12.9. The fourth-order valence-electron chi connectivity index (χ4n) is 1.72. The maximum Gasteiger partial charge on any atom is 0.221 e. The average molecular weight is 370 g/mol. The second-order valence-corrected chi connectivity index (χ2v) is 5.33. The van der Waals surface area contributed by atoms with Crippen molar-refractivity contribution in [1.82, 2.24) is 0 Å². The molecular weight excluding hydrogens is 355 g/mol. The molecule has 0 saturated carbocycles. The number of rotatable bonds is 4. The molecule has 0 aliphatic rings. The number of benzene rings is 1. The van der Waals surface area contributed by atoms with E-state index < -0.39 is 0 Å². The van der Waals surface area contributed by atoms with Crippen LogP contribution in [0.5, 0.6) is 0 Å². The van der Waals surface area contributed by atoms with E-state index in [9.17, 15) is 4.79 Å². The van der Waals surface area contributed by atoms with Crippen molar-refractivity contribution >= 4 is 39.9 Å². The number of carbonyl (C=O) groups is 1. The first-order valence-electron chi connectivity index (χ1n) is 5.91. The first kappa shape index (κ1) is 13.9. The second kappa shape index (κ2) is 6.10. The van der Waals surface area contributed by atoms with Gasteiger partial charge in [-0.25, -0.2) is 0 Å². The lowest BCUT2D eigenvalue weighted by molar-refractivity contribution is -0.114. The third-order valence-electron chi connectivity index (χ3n) is 2.64. The molecule has 0 bridgehead atoms. The van der Waals surface area contributed by atoms with E-state index in [2.05, 4.69) is 33.2 Å². The van der Waals surface area contributed by atoms with Crippen LogP contribution in [0.15, 0.2) is 34.7 Å². The van der Waals surface area contributed by atoms with E-state index in [0.29, 0.717) is 6.54 Å². The summed E-state index contributed by atoms with van der Waals surface area (Å²) < 4.78 is 6.37. The molecule has 0 fully saturated rings. The Morgan fingerprint density at radius 1 is 1.32 bits per heavy atom. The number of aryl methyl sites for hydroxylation is 1. The summed E-state index contributed by atoms with van der Waals surface area (Å²) >= 11 is 2.14. The fourth-order valence-corrected chi connectivity index (χ4v) is 2.19. The Hall–Kier alpha value is -1.50. The topological polar surface area (TPSA) is 54.3 Å². The standard InChI is InChI=1S/C14H15IN2O2/c1-9-3-4-11(17-10(2)18)7-13(9)16-8-12-5-6-14(15)19-12/h3-7,16H,8H2,1-2H3,(H,17,18). The molecule has 0 spiro atoms. The van der Waals surface area contributed by atoms with Crippen LogP contribution < -0.4 is 10.6 Å². The average Bonchev–Trinajstić information content (AvgIpc) is 2.75. The summed E-state index contributed by atoms with van der Waals surface area (Å²) in [6, 6.07) is 9.65. The highest BCUT2D eigenvalue weighted by atomic mass is 127. The van der Waals surface area contributed by atoms with E-state index in [4.69, 9.17) is 4.42 Å². The maximum atomic E-state index is 11.0. The molecule has 5 heteroatoms. The Labute approximate surface area is 125 Å². The normalized spacial score (nSPS) is 10.3. The third-order valence-corrected chi connectivity index (χ3v) is 3.22. The van der Waals surface area contributed by atoms with Gasteiger partial charge in [0.1, 0.15) is 5.76 Å². The first-order chi connectivity index (χ1) is 9.04. The van der Waals surface area contributed by atoms with Crippen molar-refractivity contribution in [3.05, 3.63) is 45.4 Å². The van der Waals surface area contributed by atoms with Crippen LogP contribution >= 0.6 is 22.6 Å². The van der Waals surface area contributed by atoms with Crippen molar-refractivity contribution in [2.24, 2.45) is 0 Å². The summed E-state index contributed by atoms with van der Waals surface area (Å²) in [6.07, 6.45) is 0. The van der Waals surface area contributed by atoms with Crippen LogP contribution in [0.2, 0.25) is 0 Å². The molecule has 0 radical (unpaired) electrons. The lowest BCUT2D eigenvalue weighted by Crippen LogP contribution is -2.07. The molecule has 19 heavy (non-hydrogen) atoms. The Bertz CT molecular complexity index is 593. The summed E-state index contributed by atoms with van der Waals surface area (Å²) in [5.41, 5.74) is 2.89. The van der Waals surface area contributed by atoms with Crippen molar-refractivity contribution < 1.29 is 9.21 Å². The molecule has 0 aliphatic carbocycles. The minimum atomic E-state index is -0.0737. The molecule has 2 N–H and O–H groups in total. The number of carbonyl (C=O) groups excluding carboxylic acids is 1. The van der Waals surface area contributed by atoms with Gasteiger partial charge in [-0.05, 0) is 59.3 Å². The SMILES string of the molecule is CC(=O)Nc1ccc(C)c(NCc2ccc(I)o2)c1. The van der Waals surface area contributed by atoms with Gasteiger partial charge in [-0.2, -0.15) is 0 Å². The van der Waals surface area contributed by atoms with Crippen molar-refractivity contribution in [3.63, 3.8) is 0 Å². The highest BCUT2D eigenvalue weighted by Crippen LogP contribution is 2.21. The highest BCUT2D eigenvalue weighted by molar-refractivity contribution is 14.1. The summed E-state index contributed by atoms with van der Waals surface area (Å²) in [4.78, 5) is 11.0. The van der Waals surface area contributed by atoms with Crippen molar-refractivity contribution in [2.45, 2.75) is 20.4 Å². The molecule has 100 valence electrons. The van der Waals surface area contributed by atoms with Gasteiger partial charge >= 0.3 is 0 Å². The Kier molecular flexibility index (Phi) is 4.47. The molecule has 0 aliphatic heterocycles. The highest BCUT2D eigenvalue weighted by Gasteiger charge is 2.04. The van der Waals surface area contributed by atoms with Crippen LogP contribution in [0.1, 0.15) is 18.2 Å². The van der Waals surface area contributed by atoms with Crippen LogP contribution in [-0.4, -0.2) is 5.91 Å². The lowest BCUT2D eigenvalue weighted by Gasteiger charge is -2.11. The summed E-state index contributed by atoms with van der Waals surface area (Å²) in [5.74, 6) is 0.809. The van der Waals surface area contributed by atoms with Gasteiger partial charge in [0.2, 0.25) is 5.91 Å². The van der Waals surface area contributed by atoms with Gasteiger partial charge in [0.15, 0.2) is 3.77 Å². The zero-order chi connectivity index (χ0) is 13.8. The molecule has 1 aromatic heterocycles. The van der Waals surface area contributed by atoms with Gasteiger partial charge in [0.25, 0.3) is 0 Å². The molecule has 0 atom stereocenters. The first-order valence-corrected chi connectivity index (χ1v) is 6.99. The third kappa shape index (κ3) is 3.99. The molecule has 2 aromatic rings. The number of amides is 1. The van der Waals surface area contributed by atoms with E-state index in [1.54, 1.807) is 0 Å². The Balaban J connectivity index is 2.08. The number of nitrogens with one attached hydrogen (secondary N) is 2. The van der Waals surface area contributed by atoms with Gasteiger partial charge in [0.05, 0.1) is 6.54 Å². The van der Waals surface area contributed by atoms with Gasteiger partial charge in [-0.1, -0.05) is 6.07 Å². The predicted octanol–water partition coefficient (Wildman–Crippen LogP) is 3.76. The maximum absolute atomic E-state index is 11.0. The smallest absolute Gasteiger partial charge is 0.221 e. The second-order valence-electron chi connectivity index (χ2n) is 4.27. The summed E-state index contributed by atoms with van der Waals surface area (Å²) in [5, 5.41) is 6.08. The fraction of sp³-hybridized carbons (Fsp3) is 0.214. The van der Waals surface area contributed by atoms with Crippen LogP contribution in [-0.2, 0) is 11.3 Å². The van der Waals surface area contributed by atoms with Crippen LogP contribution in [0.25, 0.3) is 0 Å². The number of hydrogen-bond donors (Lipinski definition) is 2. The number of hydrogen-bond acceptors (Lipinski definition) is 3. The summed E-state index contributed by atoms with van der Waals surface area (Å²) in [7, 11) is 0. The largest absolute Gasteiger partial charge is 0.454 e. The van der Waals surface area contributed by atoms with Crippen LogP contribution in [0, 0.1) is 10.7 Å². The predicted molar refractivity (Wildman–Crippen MR) is 84.2 cm³/mol. The van der Waals surface area contributed by atoms with Crippen LogP contribution in [0.3, 0.4) is 0 Å². The van der Waals surface area contributed by atoms with E-state index in [1.807, 2.05) is 37.3 Å². The van der Waals surface area contributed by atoms with Crippen LogP contribution in [0.4, 0.5) is 11.4 Å². The summed E-state index contributed by atoms with van der Waals surface area (Å²) in [6.45, 7) is 4.14. The van der Waals surface area contributed by atoms with E-state index in [-0.39, 0.29) is 5.91 Å². The monoisotopic (exact) mass is 370 g/mol. The molecular formula is C14H15IN2O2. The minimum absolute atomic E-state index is 0.0737. The van der Waals surface area contributed by atoms with E-state index >= 15 is 0 Å². The Morgan fingerprint density at radius 3 is 2.74 bits per heavy atom. The molecule has 1 amide bonds. The molecule has 2 rings (SSSR count). The van der Waals surface area contributed by atoms with E-state index in [1.165, 1.54) is 6.92 Å². The molecule has 0 unspecified atom stereocenters. The molecule has 1 aromatic carbocycles. The lowest BCUT2D eigenvalue weighted by atomic mass is 10.1. The molecule has 4 nitrogen and oxygen atoms in total. The quantitative estimate of drug-likeness (QED) is 0.806. The van der Waals surface area contributed by atoms with E-state index in [0.717, 1.165) is 26.5 Å². The molecule has 1 heterocycles. The van der Waals surface area contributed by atoms with Gasteiger partial charge < -0.3 is 15.1 Å². The number of halogens is 1. The van der Waals surface area contributed by atoms with Crippen molar-refractivity contribution in [1.29, 1.82) is 0 Å². The zero-order valence-electron chi connectivity index (χ0n) is 10.8. The molecule has 0 saturated heterocycles. The van der Waals surface area contributed by atoms with Crippen molar-refractivity contribution in [3.8, 4) is 0 Å². The Morgan fingerprint density at radius 2 is 2.11 bits per heavy atom.